The fourth-order valence-electron chi connectivity index (χ4n) is 3.67. The molecule has 0 saturated carbocycles. The lowest BCUT2D eigenvalue weighted by Crippen LogP contribution is -2.20. The summed E-state index contributed by atoms with van der Waals surface area (Å²) in [5, 5.41) is 2.25. The number of nitrogens with one attached hydrogen (secondary N) is 1. The second-order valence-corrected chi connectivity index (χ2v) is 7.49. The number of unbranched alkanes of at least 4 members (excludes halogenated alkanes) is 3. The summed E-state index contributed by atoms with van der Waals surface area (Å²) in [5.41, 5.74) is 2.98. The van der Waals surface area contributed by atoms with Crippen LogP contribution in [0.2, 0.25) is 0 Å². The maximum Gasteiger partial charge on any atom is 0.310 e. The van der Waals surface area contributed by atoms with E-state index in [0.717, 1.165) is 49.0 Å². The van der Waals surface area contributed by atoms with Crippen molar-refractivity contribution in [2.45, 2.75) is 45.1 Å². The van der Waals surface area contributed by atoms with Crippen molar-refractivity contribution in [1.82, 2.24) is 5.32 Å². The third-order valence-corrected chi connectivity index (χ3v) is 5.29. The van der Waals surface area contributed by atoms with Gasteiger partial charge in [0, 0.05) is 0 Å². The zero-order valence-electron chi connectivity index (χ0n) is 17.7. The Hall–Kier alpha value is -3.41. The van der Waals surface area contributed by atoms with Crippen molar-refractivity contribution in [3.05, 3.63) is 76.9 Å². The number of hydrogen-bond acceptors (Lipinski definition) is 5. The molecule has 0 spiro atoms. The van der Waals surface area contributed by atoms with E-state index in [1.165, 1.54) is 0 Å². The van der Waals surface area contributed by atoms with Crippen LogP contribution >= 0.6 is 0 Å². The number of hydrogen-bond donors (Lipinski definition) is 1. The van der Waals surface area contributed by atoms with Gasteiger partial charge in [-0.1, -0.05) is 36.8 Å². The van der Waals surface area contributed by atoms with Gasteiger partial charge in [0.15, 0.2) is 0 Å². The van der Waals surface area contributed by atoms with Gasteiger partial charge in [-0.3, -0.25) is 19.7 Å². The van der Waals surface area contributed by atoms with Crippen molar-refractivity contribution in [2.75, 3.05) is 7.11 Å². The first kappa shape index (κ1) is 22.3. The Balaban J connectivity index is 1.56. The Morgan fingerprint density at radius 2 is 1.90 bits per heavy atom. The molecule has 6 heteroatoms. The minimum atomic E-state index is -0.479. The number of allylic oxidation sites excluding steroid dienone is 1. The summed E-state index contributed by atoms with van der Waals surface area (Å²) in [6, 6.07) is 10.7. The van der Waals surface area contributed by atoms with Crippen LogP contribution in [-0.2, 0) is 29.0 Å². The molecule has 0 aliphatic carbocycles. The molecule has 0 aromatic heterocycles. The third-order valence-electron chi connectivity index (χ3n) is 5.29. The van der Waals surface area contributed by atoms with Crippen LogP contribution in [0, 0.1) is 0 Å². The van der Waals surface area contributed by atoms with Gasteiger partial charge in [0.25, 0.3) is 11.8 Å². The van der Waals surface area contributed by atoms with Crippen LogP contribution < -0.4 is 10.1 Å². The molecule has 0 fully saturated rings. The summed E-state index contributed by atoms with van der Waals surface area (Å²) >= 11 is 0. The second-order valence-electron chi connectivity index (χ2n) is 7.49. The molecule has 0 bridgehead atoms. The number of amides is 2. The highest BCUT2D eigenvalue weighted by atomic mass is 16.5. The summed E-state index contributed by atoms with van der Waals surface area (Å²) in [4.78, 5) is 36.1. The maximum atomic E-state index is 12.3. The molecule has 6 nitrogen and oxygen atoms in total. The van der Waals surface area contributed by atoms with E-state index in [1.807, 2.05) is 24.3 Å². The zero-order chi connectivity index (χ0) is 22.2. The number of fused-ring (bicyclic) bond motifs is 1. The quantitative estimate of drug-likeness (QED) is 0.255. The molecular formula is C25H27NO5. The molecule has 0 radical (unpaired) electrons. The standard InChI is InChI=1S/C25H27NO5/c1-3-4-5-6-7-9-18-13-12-17(14-21(18)30-2)16-31-22(27)15-19-10-8-11-20-23(19)25(29)26-24(20)28/h3,8,10-14H,1,4-7,9,15-16H2,2H3,(H,26,28,29). The Bertz CT molecular complexity index is 995. The zero-order valence-corrected chi connectivity index (χ0v) is 17.7. The molecule has 3 rings (SSSR count). The molecule has 0 unspecified atom stereocenters. The minimum Gasteiger partial charge on any atom is -0.496 e. The van der Waals surface area contributed by atoms with Crippen LogP contribution in [0.15, 0.2) is 49.1 Å². The fourth-order valence-corrected chi connectivity index (χ4v) is 3.67. The van der Waals surface area contributed by atoms with Gasteiger partial charge in [0.05, 0.1) is 24.7 Å². The Kier molecular flexibility index (Phi) is 7.60. The average Bonchev–Trinajstić information content (AvgIpc) is 3.07. The van der Waals surface area contributed by atoms with Gasteiger partial charge < -0.3 is 9.47 Å². The average molecular weight is 421 g/mol. The highest BCUT2D eigenvalue weighted by Crippen LogP contribution is 2.24. The number of methoxy groups -OCH3 is 1. The lowest BCUT2D eigenvalue weighted by Gasteiger charge is -2.12. The summed E-state index contributed by atoms with van der Waals surface area (Å²) in [5.74, 6) is -0.601. The Morgan fingerprint density at radius 3 is 2.68 bits per heavy atom. The van der Waals surface area contributed by atoms with E-state index in [4.69, 9.17) is 9.47 Å². The fraction of sp³-hybridized carbons (Fsp3) is 0.320. The number of imide groups is 1. The molecule has 2 aromatic carbocycles. The molecule has 2 amide bonds. The lowest BCUT2D eigenvalue weighted by molar-refractivity contribution is -0.144. The largest absolute Gasteiger partial charge is 0.496 e. The molecule has 0 atom stereocenters. The third kappa shape index (κ3) is 5.60. The predicted molar refractivity (Wildman–Crippen MR) is 117 cm³/mol. The highest BCUT2D eigenvalue weighted by Gasteiger charge is 2.29. The van der Waals surface area contributed by atoms with E-state index < -0.39 is 17.8 Å². The Morgan fingerprint density at radius 1 is 1.06 bits per heavy atom. The first-order chi connectivity index (χ1) is 15.0. The molecular weight excluding hydrogens is 394 g/mol. The van der Waals surface area contributed by atoms with Crippen molar-refractivity contribution in [3.63, 3.8) is 0 Å². The van der Waals surface area contributed by atoms with Gasteiger partial charge in [0.2, 0.25) is 0 Å². The van der Waals surface area contributed by atoms with Gasteiger partial charge in [-0.15, -0.1) is 6.58 Å². The normalized spacial score (nSPS) is 12.3. The van der Waals surface area contributed by atoms with Crippen molar-refractivity contribution < 1.29 is 23.9 Å². The van der Waals surface area contributed by atoms with E-state index in [2.05, 4.69) is 11.9 Å². The van der Waals surface area contributed by atoms with Gasteiger partial charge in [-0.25, -0.2) is 0 Å². The summed E-state index contributed by atoms with van der Waals surface area (Å²) in [7, 11) is 1.63. The highest BCUT2D eigenvalue weighted by molar-refractivity contribution is 6.22. The molecule has 0 saturated heterocycles. The topological polar surface area (TPSA) is 81.7 Å². The van der Waals surface area contributed by atoms with E-state index in [0.29, 0.717) is 11.1 Å². The van der Waals surface area contributed by atoms with E-state index in [-0.39, 0.29) is 18.6 Å². The van der Waals surface area contributed by atoms with E-state index in [1.54, 1.807) is 25.3 Å². The van der Waals surface area contributed by atoms with Gasteiger partial charge in [-0.05, 0) is 54.5 Å². The van der Waals surface area contributed by atoms with Crippen LogP contribution in [0.5, 0.6) is 5.75 Å². The van der Waals surface area contributed by atoms with Crippen LogP contribution in [0.25, 0.3) is 0 Å². The van der Waals surface area contributed by atoms with E-state index in [9.17, 15) is 14.4 Å². The van der Waals surface area contributed by atoms with Crippen molar-refractivity contribution in [3.8, 4) is 5.75 Å². The number of ether oxygens (including phenoxy) is 2. The number of esters is 1. The molecule has 2 aromatic rings. The van der Waals surface area contributed by atoms with E-state index >= 15 is 0 Å². The molecule has 31 heavy (non-hydrogen) atoms. The Labute approximate surface area is 182 Å². The second kappa shape index (κ2) is 10.6. The number of aryl methyl sites for hydroxylation is 1. The van der Waals surface area contributed by atoms with Gasteiger partial charge in [0.1, 0.15) is 12.4 Å². The first-order valence-corrected chi connectivity index (χ1v) is 10.4. The number of carbonyl (C=O) groups is 3. The van der Waals surface area contributed by atoms with Crippen LogP contribution in [0.4, 0.5) is 0 Å². The number of rotatable bonds is 11. The predicted octanol–water partition coefficient (Wildman–Crippen LogP) is 4.15. The SMILES string of the molecule is C=CCCCCCc1ccc(COC(=O)Cc2cccc3c2C(=O)NC3=O)cc1OC. The minimum absolute atomic E-state index is 0.0796. The molecule has 1 heterocycles. The number of carbonyl (C=O) groups excluding carboxylic acids is 3. The maximum absolute atomic E-state index is 12.3. The number of benzene rings is 2. The van der Waals surface area contributed by atoms with Crippen molar-refractivity contribution >= 4 is 17.8 Å². The lowest BCUT2D eigenvalue weighted by atomic mass is 10.0. The van der Waals surface area contributed by atoms with Crippen molar-refractivity contribution in [2.24, 2.45) is 0 Å². The smallest absolute Gasteiger partial charge is 0.310 e. The first-order valence-electron chi connectivity index (χ1n) is 10.4. The summed E-state index contributed by atoms with van der Waals surface area (Å²) < 4.78 is 10.9. The summed E-state index contributed by atoms with van der Waals surface area (Å²) in [6.45, 7) is 3.85. The van der Waals surface area contributed by atoms with Crippen LogP contribution in [-0.4, -0.2) is 24.9 Å². The molecule has 1 N–H and O–H groups in total. The van der Waals surface area contributed by atoms with Crippen LogP contribution in [0.1, 0.15) is 63.1 Å². The molecule has 1 aliphatic rings. The molecule has 1 aliphatic heterocycles. The molecule has 162 valence electrons. The van der Waals surface area contributed by atoms with Crippen LogP contribution in [0.3, 0.4) is 0 Å². The monoisotopic (exact) mass is 421 g/mol. The van der Waals surface area contributed by atoms with Gasteiger partial charge in [-0.2, -0.15) is 0 Å². The summed E-state index contributed by atoms with van der Waals surface area (Å²) in [6.07, 6.45) is 7.19. The van der Waals surface area contributed by atoms with Crippen molar-refractivity contribution in [1.29, 1.82) is 0 Å². The van der Waals surface area contributed by atoms with Gasteiger partial charge >= 0.3 is 5.97 Å².